The first-order valence-corrected chi connectivity index (χ1v) is 9.72. The number of thioether (sulfide) groups is 1. The molecule has 0 radical (unpaired) electrons. The maximum Gasteiger partial charge on any atom is 0.433 e. The molecule has 138 valence electrons. The molecule has 8 heteroatoms. The number of carbonyl (C=O) groups excluding carboxylic acids is 1. The normalized spacial score (nSPS) is 20.0. The van der Waals surface area contributed by atoms with Gasteiger partial charge in [0.25, 0.3) is 0 Å². The summed E-state index contributed by atoms with van der Waals surface area (Å²) in [7, 11) is 0. The molecule has 0 atom stereocenters. The fraction of sp³-hybridized carbons (Fsp3) is 0.647. The minimum absolute atomic E-state index is 0.245. The van der Waals surface area contributed by atoms with Crippen LogP contribution in [0.2, 0.25) is 0 Å². The Hall–Kier alpha value is -1.44. The maximum atomic E-state index is 12.6. The van der Waals surface area contributed by atoms with Crippen LogP contribution in [0.4, 0.5) is 18.9 Å². The van der Waals surface area contributed by atoms with Crippen LogP contribution < -0.4 is 4.90 Å². The first-order valence-electron chi connectivity index (χ1n) is 8.57. The Morgan fingerprint density at radius 1 is 1.16 bits per heavy atom. The molecule has 1 amide bonds. The fourth-order valence-corrected chi connectivity index (χ4v) is 4.23. The first-order chi connectivity index (χ1) is 11.9. The van der Waals surface area contributed by atoms with Crippen molar-refractivity contribution in [2.24, 2.45) is 5.92 Å². The summed E-state index contributed by atoms with van der Waals surface area (Å²) in [5, 5.41) is 0. The van der Waals surface area contributed by atoms with Gasteiger partial charge < -0.3 is 9.80 Å². The molecule has 0 aliphatic carbocycles. The van der Waals surface area contributed by atoms with Crippen LogP contribution in [-0.4, -0.2) is 53.5 Å². The number of nitrogens with zero attached hydrogens (tertiary/aromatic N) is 3. The molecule has 1 aromatic rings. The average molecular weight is 373 g/mol. The molecule has 0 unspecified atom stereocenters. The lowest BCUT2D eigenvalue weighted by atomic mass is 9.92. The zero-order chi connectivity index (χ0) is 17.9. The third-order valence-electron chi connectivity index (χ3n) is 4.85. The highest BCUT2D eigenvalue weighted by Crippen LogP contribution is 2.30. The van der Waals surface area contributed by atoms with Gasteiger partial charge in [-0.3, -0.25) is 4.79 Å². The quantitative estimate of drug-likeness (QED) is 0.815. The van der Waals surface area contributed by atoms with E-state index in [1.165, 1.54) is 12.3 Å². The number of carbonyl (C=O) groups is 1. The lowest BCUT2D eigenvalue weighted by Gasteiger charge is -2.34. The van der Waals surface area contributed by atoms with E-state index in [0.717, 1.165) is 56.6 Å². The van der Waals surface area contributed by atoms with Gasteiger partial charge in [-0.05, 0) is 30.9 Å². The van der Waals surface area contributed by atoms with Crippen LogP contribution in [0.5, 0.6) is 0 Å². The molecule has 0 bridgehead atoms. The number of anilines is 1. The Kier molecular flexibility index (Phi) is 5.76. The number of amides is 1. The first kappa shape index (κ1) is 18.4. The highest BCUT2D eigenvalue weighted by molar-refractivity contribution is 7.99. The van der Waals surface area contributed by atoms with Gasteiger partial charge in [0.1, 0.15) is 5.69 Å². The number of piperidine rings is 1. The van der Waals surface area contributed by atoms with Gasteiger partial charge in [0.2, 0.25) is 5.91 Å². The molecule has 4 nitrogen and oxygen atoms in total. The largest absolute Gasteiger partial charge is 0.433 e. The molecule has 1 aromatic heterocycles. The summed E-state index contributed by atoms with van der Waals surface area (Å²) >= 11 is 1.89. The van der Waals surface area contributed by atoms with Crippen molar-refractivity contribution in [3.05, 3.63) is 24.0 Å². The van der Waals surface area contributed by atoms with Crippen LogP contribution in [0.15, 0.2) is 18.3 Å². The summed E-state index contributed by atoms with van der Waals surface area (Å²) < 4.78 is 37.7. The highest BCUT2D eigenvalue weighted by Gasteiger charge is 2.32. The summed E-state index contributed by atoms with van der Waals surface area (Å²) in [4.78, 5) is 19.9. The number of pyridine rings is 1. The number of aromatic nitrogens is 1. The van der Waals surface area contributed by atoms with Crippen molar-refractivity contribution in [3.8, 4) is 0 Å². The van der Waals surface area contributed by atoms with Gasteiger partial charge in [0, 0.05) is 44.1 Å². The molecule has 0 spiro atoms. The van der Waals surface area contributed by atoms with E-state index in [9.17, 15) is 18.0 Å². The smallest absolute Gasteiger partial charge is 0.370 e. The van der Waals surface area contributed by atoms with Crippen LogP contribution in [0.1, 0.15) is 25.0 Å². The van der Waals surface area contributed by atoms with Gasteiger partial charge in [-0.2, -0.15) is 24.9 Å². The molecule has 2 aliphatic heterocycles. The van der Waals surface area contributed by atoms with E-state index in [2.05, 4.69) is 4.98 Å². The predicted octanol–water partition coefficient (Wildman–Crippen LogP) is 3.28. The standard InChI is InChI=1S/C17H22F3N3OS/c18-17(19,20)15-2-1-14(12-21-15)22-5-3-13(4-6-22)11-16(24)23-7-9-25-10-8-23/h1-2,12-13H,3-11H2. The molecule has 2 saturated heterocycles. The molecule has 3 rings (SSSR count). The molecular formula is C17H22F3N3OS. The number of rotatable bonds is 3. The molecule has 0 N–H and O–H groups in total. The number of hydrogen-bond donors (Lipinski definition) is 0. The number of alkyl halides is 3. The fourth-order valence-electron chi connectivity index (χ4n) is 3.32. The van der Waals surface area contributed by atoms with E-state index in [1.54, 1.807) is 0 Å². The van der Waals surface area contributed by atoms with Gasteiger partial charge in [-0.15, -0.1) is 0 Å². The molecule has 2 aliphatic rings. The van der Waals surface area contributed by atoms with Crippen LogP contribution >= 0.6 is 11.8 Å². The third kappa shape index (κ3) is 4.80. The van der Waals surface area contributed by atoms with Crippen LogP contribution in [0.3, 0.4) is 0 Å². The van der Waals surface area contributed by atoms with Crippen molar-refractivity contribution < 1.29 is 18.0 Å². The summed E-state index contributed by atoms with van der Waals surface area (Å²) in [5.74, 6) is 2.65. The number of hydrogen-bond acceptors (Lipinski definition) is 4. The van der Waals surface area contributed by atoms with Crippen LogP contribution in [0.25, 0.3) is 0 Å². The van der Waals surface area contributed by atoms with E-state index in [1.807, 2.05) is 21.6 Å². The minimum Gasteiger partial charge on any atom is -0.370 e. The van der Waals surface area contributed by atoms with Crippen molar-refractivity contribution >= 4 is 23.4 Å². The van der Waals surface area contributed by atoms with Crippen molar-refractivity contribution in [2.45, 2.75) is 25.4 Å². The van der Waals surface area contributed by atoms with E-state index in [4.69, 9.17) is 0 Å². The zero-order valence-corrected chi connectivity index (χ0v) is 14.8. The minimum atomic E-state index is -4.40. The summed E-state index contributed by atoms with van der Waals surface area (Å²) in [6, 6.07) is 2.51. The summed E-state index contributed by atoms with van der Waals surface area (Å²) in [6.07, 6.45) is -0.757. The Bertz CT molecular complexity index is 580. The van der Waals surface area contributed by atoms with Gasteiger partial charge in [0.15, 0.2) is 0 Å². The van der Waals surface area contributed by atoms with E-state index >= 15 is 0 Å². The molecule has 3 heterocycles. The van der Waals surface area contributed by atoms with Gasteiger partial charge >= 0.3 is 6.18 Å². The maximum absolute atomic E-state index is 12.6. The predicted molar refractivity (Wildman–Crippen MR) is 92.7 cm³/mol. The molecule has 25 heavy (non-hydrogen) atoms. The summed E-state index contributed by atoms with van der Waals surface area (Å²) in [5.41, 5.74) is -0.151. The van der Waals surface area contributed by atoms with Gasteiger partial charge in [-0.25, -0.2) is 4.98 Å². The Morgan fingerprint density at radius 3 is 2.40 bits per heavy atom. The average Bonchev–Trinajstić information content (AvgIpc) is 2.62. The zero-order valence-electron chi connectivity index (χ0n) is 14.0. The van der Waals surface area contributed by atoms with E-state index < -0.39 is 11.9 Å². The highest BCUT2D eigenvalue weighted by atomic mass is 32.2. The monoisotopic (exact) mass is 373 g/mol. The van der Waals surface area contributed by atoms with E-state index in [-0.39, 0.29) is 5.91 Å². The van der Waals surface area contributed by atoms with Crippen molar-refractivity contribution in [3.63, 3.8) is 0 Å². The van der Waals surface area contributed by atoms with Crippen molar-refractivity contribution in [1.29, 1.82) is 0 Å². The Morgan fingerprint density at radius 2 is 1.84 bits per heavy atom. The second-order valence-electron chi connectivity index (χ2n) is 6.53. The van der Waals surface area contributed by atoms with Gasteiger partial charge in [-0.1, -0.05) is 0 Å². The SMILES string of the molecule is O=C(CC1CCN(c2ccc(C(F)(F)F)nc2)CC1)N1CCSCC1. The van der Waals surface area contributed by atoms with Gasteiger partial charge in [0.05, 0.1) is 11.9 Å². The lowest BCUT2D eigenvalue weighted by molar-refractivity contribution is -0.141. The number of halogens is 3. The van der Waals surface area contributed by atoms with E-state index in [0.29, 0.717) is 18.0 Å². The topological polar surface area (TPSA) is 36.4 Å². The Balaban J connectivity index is 1.49. The summed E-state index contributed by atoms with van der Waals surface area (Å²) in [6.45, 7) is 3.20. The van der Waals surface area contributed by atoms with Crippen LogP contribution in [-0.2, 0) is 11.0 Å². The third-order valence-corrected chi connectivity index (χ3v) is 5.79. The molecule has 0 aromatic carbocycles. The lowest BCUT2D eigenvalue weighted by Crippen LogP contribution is -2.40. The molecule has 2 fully saturated rings. The van der Waals surface area contributed by atoms with Crippen LogP contribution in [0, 0.1) is 5.92 Å². The molecular weight excluding hydrogens is 351 g/mol. The second kappa shape index (κ2) is 7.85. The Labute approximate surface area is 149 Å². The van der Waals surface area contributed by atoms with Crippen molar-refractivity contribution in [2.75, 3.05) is 42.6 Å². The van der Waals surface area contributed by atoms with Crippen molar-refractivity contribution in [1.82, 2.24) is 9.88 Å². The second-order valence-corrected chi connectivity index (χ2v) is 7.75. The molecule has 0 saturated carbocycles.